The molecule has 1 fully saturated rings. The maximum atomic E-state index is 12.8. The first-order chi connectivity index (χ1) is 16.9. The molecule has 2 amide bonds. The van der Waals surface area contributed by atoms with Crippen molar-refractivity contribution in [2.45, 2.75) is 19.4 Å². The Kier molecular flexibility index (Phi) is 8.19. The first-order valence-electron chi connectivity index (χ1n) is 10.9. The average Bonchev–Trinajstić information content (AvgIpc) is 3.11. The van der Waals surface area contributed by atoms with Crippen molar-refractivity contribution in [2.75, 3.05) is 6.54 Å². The Morgan fingerprint density at radius 1 is 1.00 bits per heavy atom. The molecule has 1 saturated heterocycles. The molecule has 0 spiro atoms. The molecule has 3 aromatic carbocycles. The quantitative estimate of drug-likeness (QED) is 0.121. The highest BCUT2D eigenvalue weighted by Crippen LogP contribution is 2.33. The number of ether oxygens (including phenoxy) is 1. The number of imide groups is 1. The number of halogens is 1. The highest BCUT2D eigenvalue weighted by molar-refractivity contribution is 14.1. The number of benzene rings is 3. The number of carbonyl (C=O) groups excluding carboxylic acids is 2. The molecule has 7 nitrogen and oxygen atoms in total. The number of carbonyl (C=O) groups is 2. The van der Waals surface area contributed by atoms with Crippen molar-refractivity contribution in [3.8, 4) is 5.75 Å². The number of thioether (sulfide) groups is 1. The van der Waals surface area contributed by atoms with Gasteiger partial charge < -0.3 is 4.74 Å². The summed E-state index contributed by atoms with van der Waals surface area (Å²) in [6, 6.07) is 21.8. The summed E-state index contributed by atoms with van der Waals surface area (Å²) in [5.74, 6) is 0.359. The predicted octanol–water partition coefficient (Wildman–Crippen LogP) is 6.45. The molecular weight excluding hydrogens is 579 g/mol. The zero-order valence-electron chi connectivity index (χ0n) is 18.6. The molecule has 1 aliphatic rings. The zero-order valence-corrected chi connectivity index (χ0v) is 21.5. The molecule has 3 aromatic rings. The fourth-order valence-corrected chi connectivity index (χ4v) is 5.14. The summed E-state index contributed by atoms with van der Waals surface area (Å²) in [4.78, 5) is 37.4. The summed E-state index contributed by atoms with van der Waals surface area (Å²) < 4.78 is 6.66. The minimum Gasteiger partial charge on any atom is -0.488 e. The smallest absolute Gasteiger partial charge is 0.293 e. The van der Waals surface area contributed by atoms with E-state index in [0.29, 0.717) is 29.2 Å². The van der Waals surface area contributed by atoms with Crippen LogP contribution in [-0.4, -0.2) is 27.5 Å². The molecule has 9 heteroatoms. The Hall–Kier alpha value is -3.18. The van der Waals surface area contributed by atoms with E-state index in [0.717, 1.165) is 27.3 Å². The minimum atomic E-state index is -0.437. The number of aryl methyl sites for hydroxylation is 1. The molecule has 0 aliphatic carbocycles. The van der Waals surface area contributed by atoms with E-state index >= 15 is 0 Å². The number of amides is 2. The standard InChI is InChI=1S/C26H21IN2O5S/c27-22-15-19(11-12-23(22)34-17-20-8-4-10-21(14-20)29(32)33)16-24-25(30)28(26(31)35-24)13-5-9-18-6-2-1-3-7-18/h1-4,6-8,10-12,14-16H,5,9,13,17H2/b24-16+. The van der Waals surface area contributed by atoms with E-state index in [-0.39, 0.29) is 23.4 Å². The van der Waals surface area contributed by atoms with E-state index in [1.165, 1.54) is 22.6 Å². The second-order valence-corrected chi connectivity index (χ2v) is 9.98. The highest BCUT2D eigenvalue weighted by Gasteiger charge is 2.34. The van der Waals surface area contributed by atoms with Gasteiger partial charge in [-0.25, -0.2) is 0 Å². The molecular formula is C26H21IN2O5S. The normalized spacial score (nSPS) is 14.5. The van der Waals surface area contributed by atoms with Gasteiger partial charge in [-0.2, -0.15) is 0 Å². The summed E-state index contributed by atoms with van der Waals surface area (Å²) in [5.41, 5.74) is 2.68. The van der Waals surface area contributed by atoms with Gasteiger partial charge in [0, 0.05) is 18.7 Å². The second kappa shape index (κ2) is 11.5. The van der Waals surface area contributed by atoms with E-state index in [1.807, 2.05) is 42.5 Å². The Balaban J connectivity index is 1.37. The van der Waals surface area contributed by atoms with Crippen molar-refractivity contribution in [1.29, 1.82) is 0 Å². The third-order valence-corrected chi connectivity index (χ3v) is 7.08. The number of hydrogen-bond donors (Lipinski definition) is 0. The lowest BCUT2D eigenvalue weighted by Crippen LogP contribution is -2.29. The van der Waals surface area contributed by atoms with Gasteiger partial charge in [-0.3, -0.25) is 24.6 Å². The lowest BCUT2D eigenvalue weighted by molar-refractivity contribution is -0.384. The summed E-state index contributed by atoms with van der Waals surface area (Å²) in [7, 11) is 0. The summed E-state index contributed by atoms with van der Waals surface area (Å²) in [6.07, 6.45) is 3.23. The number of rotatable bonds is 9. The van der Waals surface area contributed by atoms with Gasteiger partial charge in [-0.1, -0.05) is 48.5 Å². The molecule has 0 aromatic heterocycles. The maximum Gasteiger partial charge on any atom is 0.293 e. The van der Waals surface area contributed by atoms with Crippen LogP contribution in [0.1, 0.15) is 23.1 Å². The van der Waals surface area contributed by atoms with E-state index in [1.54, 1.807) is 24.3 Å². The number of nitrogens with zero attached hydrogens (tertiary/aromatic N) is 2. The molecule has 35 heavy (non-hydrogen) atoms. The van der Waals surface area contributed by atoms with Crippen LogP contribution in [-0.2, 0) is 17.8 Å². The van der Waals surface area contributed by atoms with Crippen molar-refractivity contribution in [2.24, 2.45) is 0 Å². The Morgan fingerprint density at radius 3 is 2.51 bits per heavy atom. The number of hydrogen-bond acceptors (Lipinski definition) is 6. The lowest BCUT2D eigenvalue weighted by Gasteiger charge is -2.12. The molecule has 0 bridgehead atoms. The van der Waals surface area contributed by atoms with Crippen LogP contribution in [0.3, 0.4) is 0 Å². The lowest BCUT2D eigenvalue weighted by atomic mass is 10.1. The number of non-ortho nitro benzene ring substituents is 1. The number of nitro benzene ring substituents is 1. The fourth-order valence-electron chi connectivity index (χ4n) is 3.57. The van der Waals surface area contributed by atoms with E-state index in [2.05, 4.69) is 22.6 Å². The van der Waals surface area contributed by atoms with Gasteiger partial charge in [0.15, 0.2) is 0 Å². The van der Waals surface area contributed by atoms with Crippen LogP contribution in [0.2, 0.25) is 0 Å². The van der Waals surface area contributed by atoms with Gasteiger partial charge in [0.2, 0.25) is 0 Å². The molecule has 1 aliphatic heterocycles. The van der Waals surface area contributed by atoms with Crippen molar-refractivity contribution >= 4 is 57.3 Å². The summed E-state index contributed by atoms with van der Waals surface area (Å²) >= 11 is 3.09. The van der Waals surface area contributed by atoms with Gasteiger partial charge >= 0.3 is 0 Å². The van der Waals surface area contributed by atoms with Crippen LogP contribution < -0.4 is 4.74 Å². The Labute approximate surface area is 220 Å². The van der Waals surface area contributed by atoms with Crippen molar-refractivity contribution in [3.63, 3.8) is 0 Å². The third kappa shape index (κ3) is 6.49. The van der Waals surface area contributed by atoms with Crippen LogP contribution in [0.5, 0.6) is 5.75 Å². The van der Waals surface area contributed by atoms with Crippen molar-refractivity contribution in [3.05, 3.63) is 108 Å². The summed E-state index contributed by atoms with van der Waals surface area (Å²) in [5, 5.41) is 10.7. The molecule has 178 valence electrons. The van der Waals surface area contributed by atoms with Crippen LogP contribution >= 0.6 is 34.4 Å². The topological polar surface area (TPSA) is 89.7 Å². The van der Waals surface area contributed by atoms with Crippen LogP contribution in [0, 0.1) is 13.7 Å². The van der Waals surface area contributed by atoms with Gasteiger partial charge in [-0.15, -0.1) is 0 Å². The van der Waals surface area contributed by atoms with Gasteiger partial charge in [-0.05, 0) is 82.1 Å². The predicted molar refractivity (Wildman–Crippen MR) is 144 cm³/mol. The van der Waals surface area contributed by atoms with E-state index in [4.69, 9.17) is 4.74 Å². The minimum absolute atomic E-state index is 0.0187. The molecule has 4 rings (SSSR count). The molecule has 0 unspecified atom stereocenters. The van der Waals surface area contributed by atoms with Crippen LogP contribution in [0.25, 0.3) is 6.08 Å². The highest BCUT2D eigenvalue weighted by atomic mass is 127. The number of nitro groups is 1. The fraction of sp³-hybridized carbons (Fsp3) is 0.154. The third-order valence-electron chi connectivity index (χ3n) is 5.33. The first-order valence-corrected chi connectivity index (χ1v) is 12.8. The largest absolute Gasteiger partial charge is 0.488 e. The Morgan fingerprint density at radius 2 is 1.77 bits per heavy atom. The molecule has 0 N–H and O–H groups in total. The van der Waals surface area contributed by atoms with Gasteiger partial charge in [0.25, 0.3) is 16.8 Å². The molecule has 1 heterocycles. The average molecular weight is 600 g/mol. The maximum absolute atomic E-state index is 12.8. The van der Waals surface area contributed by atoms with E-state index < -0.39 is 4.92 Å². The van der Waals surface area contributed by atoms with Crippen LogP contribution in [0.15, 0.2) is 77.7 Å². The van der Waals surface area contributed by atoms with Crippen molar-refractivity contribution in [1.82, 2.24) is 4.90 Å². The molecule has 0 radical (unpaired) electrons. The second-order valence-electron chi connectivity index (χ2n) is 7.83. The molecule has 0 atom stereocenters. The monoisotopic (exact) mass is 600 g/mol. The molecule has 0 saturated carbocycles. The van der Waals surface area contributed by atoms with E-state index in [9.17, 15) is 19.7 Å². The van der Waals surface area contributed by atoms with Crippen molar-refractivity contribution < 1.29 is 19.2 Å². The summed E-state index contributed by atoms with van der Waals surface area (Å²) in [6.45, 7) is 0.581. The Bertz CT molecular complexity index is 1300. The first kappa shape index (κ1) is 24.9. The van der Waals surface area contributed by atoms with Gasteiger partial charge in [0.1, 0.15) is 12.4 Å². The van der Waals surface area contributed by atoms with Crippen LogP contribution in [0.4, 0.5) is 10.5 Å². The SMILES string of the molecule is O=C1S/C(=C/c2ccc(OCc3cccc([N+](=O)[O-])c3)c(I)c2)C(=O)N1CCCc1ccccc1. The van der Waals surface area contributed by atoms with Gasteiger partial charge in [0.05, 0.1) is 13.4 Å². The zero-order chi connectivity index (χ0) is 24.8.